The summed E-state index contributed by atoms with van der Waals surface area (Å²) in [6, 6.07) is 6.41. The number of carbonyl (C=O) groups excluding carboxylic acids is 3. The molecule has 47 heavy (non-hydrogen) atoms. The number of nitrogens with one attached hydrogen (secondary N) is 1. The summed E-state index contributed by atoms with van der Waals surface area (Å²) in [5, 5.41) is 32.1. The van der Waals surface area contributed by atoms with E-state index in [1.54, 1.807) is 13.0 Å². The standard InChI is InChI=1S/C32H46N2O11SSi/c1-20-26(42-5)15-27(45-47(7,8)32(2,3)4)24(29(20)31(39)44-17-21-9-11-22(12-10-21)34(40)41)18-46-19-25(30(38)43-6)33-28(37)14-13-23(36)16-35/h9-12,15,23,25,35-36H,13-14,16-19H2,1-8H3,(H,33,37)/t23-,25+/m1/s1. The van der Waals surface area contributed by atoms with Crippen LogP contribution in [0.3, 0.4) is 0 Å². The zero-order chi connectivity index (χ0) is 35.5. The van der Waals surface area contributed by atoms with Crippen LogP contribution in [0.2, 0.25) is 18.1 Å². The summed E-state index contributed by atoms with van der Waals surface area (Å²) < 4.78 is 22.9. The molecule has 1 amide bonds. The fraction of sp³-hybridized carbons (Fsp3) is 0.531. The Morgan fingerprint density at radius 2 is 1.74 bits per heavy atom. The van der Waals surface area contributed by atoms with Crippen molar-refractivity contribution < 1.29 is 48.2 Å². The molecular formula is C32H46N2O11SSi. The number of carbonyl (C=O) groups is 3. The van der Waals surface area contributed by atoms with Gasteiger partial charge >= 0.3 is 11.9 Å². The van der Waals surface area contributed by atoms with Gasteiger partial charge in [0.15, 0.2) is 0 Å². The van der Waals surface area contributed by atoms with Crippen LogP contribution in [-0.2, 0) is 31.4 Å². The number of nitrogens with zero attached hydrogens (tertiary/aromatic N) is 1. The van der Waals surface area contributed by atoms with Gasteiger partial charge in [-0.2, -0.15) is 11.8 Å². The number of amides is 1. The average Bonchev–Trinajstić information content (AvgIpc) is 3.02. The molecule has 0 bridgehead atoms. The molecule has 2 rings (SSSR count). The fourth-order valence-corrected chi connectivity index (χ4v) is 6.22. The summed E-state index contributed by atoms with van der Waals surface area (Å²) in [6.45, 7) is 11.5. The Balaban J connectivity index is 2.46. The predicted octanol–water partition coefficient (Wildman–Crippen LogP) is 4.68. The van der Waals surface area contributed by atoms with E-state index < -0.39 is 49.8 Å². The first kappa shape index (κ1) is 39.5. The van der Waals surface area contributed by atoms with Crippen molar-refractivity contribution in [2.75, 3.05) is 26.6 Å². The quantitative estimate of drug-likeness (QED) is 0.0901. The van der Waals surface area contributed by atoms with Gasteiger partial charge in [0.05, 0.1) is 37.4 Å². The van der Waals surface area contributed by atoms with Crippen LogP contribution in [0.5, 0.6) is 11.5 Å². The topological polar surface area (TPSA) is 184 Å². The number of hydrogen-bond acceptors (Lipinski definition) is 12. The van der Waals surface area contributed by atoms with Gasteiger partial charge in [-0.1, -0.05) is 20.8 Å². The molecule has 0 saturated heterocycles. The van der Waals surface area contributed by atoms with Gasteiger partial charge in [-0.25, -0.2) is 9.59 Å². The van der Waals surface area contributed by atoms with Gasteiger partial charge in [-0.15, -0.1) is 0 Å². The van der Waals surface area contributed by atoms with Gasteiger partial charge in [0, 0.05) is 47.3 Å². The number of benzene rings is 2. The lowest BCUT2D eigenvalue weighted by Gasteiger charge is -2.37. The molecule has 260 valence electrons. The van der Waals surface area contributed by atoms with E-state index in [2.05, 4.69) is 39.2 Å². The van der Waals surface area contributed by atoms with Crippen molar-refractivity contribution in [3.8, 4) is 11.5 Å². The Morgan fingerprint density at radius 1 is 1.11 bits per heavy atom. The highest BCUT2D eigenvalue weighted by Crippen LogP contribution is 2.42. The van der Waals surface area contributed by atoms with Gasteiger partial charge in [0.1, 0.15) is 24.1 Å². The highest BCUT2D eigenvalue weighted by atomic mass is 32.2. The SMILES string of the molecule is COC(=O)[C@H](CSCc1c(O[Si](C)(C)C(C)(C)C)cc(OC)c(C)c1C(=O)OCc1ccc([N+](=O)[O-])cc1)NC(=O)CC[C@@H](O)CO. The minimum Gasteiger partial charge on any atom is -0.543 e. The normalized spacial score (nSPS) is 12.9. The van der Waals surface area contributed by atoms with Crippen LogP contribution < -0.4 is 14.5 Å². The van der Waals surface area contributed by atoms with Crippen LogP contribution in [0.15, 0.2) is 30.3 Å². The Morgan fingerprint density at radius 3 is 2.28 bits per heavy atom. The molecule has 0 unspecified atom stereocenters. The third kappa shape index (κ3) is 11.2. The Labute approximate surface area is 280 Å². The third-order valence-electron chi connectivity index (χ3n) is 7.99. The molecule has 0 radical (unpaired) electrons. The number of nitro groups is 1. The number of ether oxygens (including phenoxy) is 3. The summed E-state index contributed by atoms with van der Waals surface area (Å²) in [5.41, 5.74) is 1.73. The maximum Gasteiger partial charge on any atom is 0.339 e. The molecular weight excluding hydrogens is 649 g/mol. The molecule has 2 aromatic carbocycles. The van der Waals surface area contributed by atoms with Crippen molar-refractivity contribution >= 4 is 43.6 Å². The molecule has 15 heteroatoms. The van der Waals surface area contributed by atoms with Crippen LogP contribution in [-0.4, -0.2) is 80.0 Å². The number of hydrogen-bond donors (Lipinski definition) is 3. The number of esters is 2. The highest BCUT2D eigenvalue weighted by Gasteiger charge is 2.40. The number of rotatable bonds is 17. The van der Waals surface area contributed by atoms with E-state index in [1.807, 2.05) is 0 Å². The van der Waals surface area contributed by atoms with Crippen molar-refractivity contribution in [1.82, 2.24) is 5.32 Å². The average molecular weight is 695 g/mol. The largest absolute Gasteiger partial charge is 0.543 e. The monoisotopic (exact) mass is 694 g/mol. The van der Waals surface area contributed by atoms with E-state index >= 15 is 0 Å². The molecule has 0 aliphatic rings. The molecule has 0 aliphatic heterocycles. The van der Waals surface area contributed by atoms with Gasteiger partial charge in [0.2, 0.25) is 14.2 Å². The zero-order valence-corrected chi connectivity index (χ0v) is 30.0. The molecule has 0 aliphatic carbocycles. The molecule has 13 nitrogen and oxygen atoms in total. The van der Waals surface area contributed by atoms with Crippen molar-refractivity contribution in [2.24, 2.45) is 0 Å². The Kier molecular flexibility index (Phi) is 14.7. The molecule has 2 aromatic rings. The van der Waals surface area contributed by atoms with Crippen molar-refractivity contribution in [3.05, 3.63) is 62.7 Å². The fourth-order valence-electron chi connectivity index (χ4n) is 4.12. The Bertz CT molecular complexity index is 1410. The molecule has 0 fully saturated rings. The third-order valence-corrected chi connectivity index (χ3v) is 13.4. The summed E-state index contributed by atoms with van der Waals surface area (Å²) in [6.07, 6.45) is -1.14. The van der Waals surface area contributed by atoms with Crippen LogP contribution >= 0.6 is 11.8 Å². The molecule has 3 N–H and O–H groups in total. The summed E-state index contributed by atoms with van der Waals surface area (Å²) in [7, 11) is 0.252. The predicted molar refractivity (Wildman–Crippen MR) is 180 cm³/mol. The van der Waals surface area contributed by atoms with Crippen LogP contribution in [0.1, 0.15) is 60.7 Å². The van der Waals surface area contributed by atoms with Crippen LogP contribution in [0.4, 0.5) is 5.69 Å². The summed E-state index contributed by atoms with van der Waals surface area (Å²) >= 11 is 1.27. The summed E-state index contributed by atoms with van der Waals surface area (Å²) in [4.78, 5) is 49.3. The maximum absolute atomic E-state index is 13.8. The van der Waals surface area contributed by atoms with E-state index in [-0.39, 0.29) is 47.2 Å². The van der Waals surface area contributed by atoms with E-state index in [0.717, 1.165) is 0 Å². The molecule has 0 heterocycles. The minimum atomic E-state index is -2.44. The zero-order valence-electron chi connectivity index (χ0n) is 28.2. The van der Waals surface area contributed by atoms with Crippen molar-refractivity contribution in [1.29, 1.82) is 0 Å². The van der Waals surface area contributed by atoms with E-state index in [4.69, 9.17) is 23.7 Å². The van der Waals surface area contributed by atoms with Gasteiger partial charge in [-0.3, -0.25) is 14.9 Å². The Hall–Kier alpha value is -3.66. The molecule has 0 aromatic heterocycles. The molecule has 0 saturated carbocycles. The van der Waals surface area contributed by atoms with E-state index in [0.29, 0.717) is 28.2 Å². The first-order chi connectivity index (χ1) is 21.9. The summed E-state index contributed by atoms with van der Waals surface area (Å²) in [5.74, 6) is -0.696. The van der Waals surface area contributed by atoms with Gasteiger partial charge in [0.25, 0.3) is 5.69 Å². The van der Waals surface area contributed by atoms with Crippen molar-refractivity contribution in [2.45, 2.75) is 83.2 Å². The number of aliphatic hydroxyl groups is 2. The lowest BCUT2D eigenvalue weighted by molar-refractivity contribution is -0.384. The second-order valence-electron chi connectivity index (χ2n) is 12.5. The number of non-ortho nitro benzene ring substituents is 1. The highest BCUT2D eigenvalue weighted by molar-refractivity contribution is 7.98. The van der Waals surface area contributed by atoms with E-state index in [1.165, 1.54) is 50.2 Å². The lowest BCUT2D eigenvalue weighted by Crippen LogP contribution is -2.44. The molecule has 0 spiro atoms. The van der Waals surface area contributed by atoms with Crippen molar-refractivity contribution in [3.63, 3.8) is 0 Å². The lowest BCUT2D eigenvalue weighted by atomic mass is 10.0. The first-order valence-corrected chi connectivity index (χ1v) is 19.1. The van der Waals surface area contributed by atoms with Gasteiger partial charge < -0.3 is 34.2 Å². The van der Waals surface area contributed by atoms with Gasteiger partial charge in [-0.05, 0) is 49.2 Å². The first-order valence-electron chi connectivity index (χ1n) is 15.0. The number of nitro benzene ring substituents is 1. The number of aliphatic hydroxyl groups excluding tert-OH is 2. The van der Waals surface area contributed by atoms with Crippen LogP contribution in [0.25, 0.3) is 0 Å². The van der Waals surface area contributed by atoms with E-state index in [9.17, 15) is 29.6 Å². The smallest absolute Gasteiger partial charge is 0.339 e. The second kappa shape index (κ2) is 17.5. The number of methoxy groups -OCH3 is 2. The molecule has 2 atom stereocenters. The minimum absolute atomic E-state index is 0.0218. The maximum atomic E-state index is 13.8. The van der Waals surface area contributed by atoms with Crippen LogP contribution in [0, 0.1) is 17.0 Å². The number of thioether (sulfide) groups is 1. The second-order valence-corrected chi connectivity index (χ2v) is 18.2.